The molecule has 0 radical (unpaired) electrons. The average Bonchev–Trinajstić information content (AvgIpc) is 3.23. The van der Waals surface area contributed by atoms with Gasteiger partial charge in [-0.25, -0.2) is 9.59 Å². The van der Waals surface area contributed by atoms with E-state index in [1.54, 1.807) is 6.07 Å². The van der Waals surface area contributed by atoms with E-state index in [1.807, 2.05) is 22.6 Å². The molecular formula is C15H10BrIN2O6. The van der Waals surface area contributed by atoms with Crippen LogP contribution in [-0.2, 0) is 16.1 Å². The number of rotatable bonds is 4. The quantitative estimate of drug-likeness (QED) is 0.287. The number of nitrogens with one attached hydrogen (secondary N) is 1. The Morgan fingerprint density at radius 3 is 2.80 bits per heavy atom. The molecule has 3 amide bonds. The monoisotopic (exact) mass is 520 g/mol. The molecule has 2 aromatic rings. The Hall–Kier alpha value is -2.08. The molecule has 0 saturated carbocycles. The van der Waals surface area contributed by atoms with Gasteiger partial charge < -0.3 is 18.9 Å². The Labute approximate surface area is 163 Å². The number of imide groups is 1. The first kappa shape index (κ1) is 17.7. The molecule has 0 spiro atoms. The van der Waals surface area contributed by atoms with Gasteiger partial charge in [0.1, 0.15) is 17.2 Å². The minimum atomic E-state index is -0.637. The number of furan rings is 2. The molecule has 1 fully saturated rings. The average molecular weight is 521 g/mol. The summed E-state index contributed by atoms with van der Waals surface area (Å²) in [7, 11) is 1.23. The van der Waals surface area contributed by atoms with Gasteiger partial charge in [0, 0.05) is 28.7 Å². The van der Waals surface area contributed by atoms with Crippen molar-refractivity contribution >= 4 is 62.5 Å². The number of nitrogens with zero attached hydrogens (tertiary/aromatic N) is 1. The number of urea groups is 1. The topological polar surface area (TPSA) is 102 Å². The molecule has 3 rings (SSSR count). The molecule has 1 saturated heterocycles. The van der Waals surface area contributed by atoms with Crippen molar-refractivity contribution in [2.45, 2.75) is 6.54 Å². The van der Waals surface area contributed by atoms with Gasteiger partial charge in [-0.2, -0.15) is 0 Å². The van der Waals surface area contributed by atoms with Crippen LogP contribution in [0, 0.1) is 3.77 Å². The van der Waals surface area contributed by atoms with Crippen LogP contribution in [0.1, 0.15) is 22.1 Å². The van der Waals surface area contributed by atoms with Gasteiger partial charge in [-0.1, -0.05) is 0 Å². The lowest BCUT2D eigenvalue weighted by molar-refractivity contribution is -0.123. The van der Waals surface area contributed by atoms with Crippen molar-refractivity contribution in [3.63, 3.8) is 0 Å². The Morgan fingerprint density at radius 2 is 2.16 bits per heavy atom. The van der Waals surface area contributed by atoms with E-state index in [-0.39, 0.29) is 23.8 Å². The second-order valence-electron chi connectivity index (χ2n) is 4.91. The van der Waals surface area contributed by atoms with Crippen molar-refractivity contribution in [1.29, 1.82) is 0 Å². The van der Waals surface area contributed by atoms with Crippen LogP contribution < -0.4 is 5.32 Å². The molecule has 8 nitrogen and oxygen atoms in total. The maximum Gasteiger partial charge on any atom is 0.373 e. The zero-order valence-corrected chi connectivity index (χ0v) is 16.4. The number of halogens is 2. The number of hydrogen-bond donors (Lipinski definition) is 1. The van der Waals surface area contributed by atoms with Crippen LogP contribution in [0.15, 0.2) is 37.2 Å². The van der Waals surface area contributed by atoms with Crippen LogP contribution in [0.3, 0.4) is 0 Å². The van der Waals surface area contributed by atoms with Gasteiger partial charge in [0.05, 0.1) is 18.1 Å². The van der Waals surface area contributed by atoms with Crippen LogP contribution in [0.2, 0.25) is 0 Å². The van der Waals surface area contributed by atoms with E-state index >= 15 is 0 Å². The van der Waals surface area contributed by atoms with Crippen LogP contribution in [-0.4, -0.2) is 29.9 Å². The van der Waals surface area contributed by atoms with E-state index < -0.39 is 17.9 Å². The molecule has 0 aromatic carbocycles. The molecule has 0 bridgehead atoms. The lowest BCUT2D eigenvalue weighted by Gasteiger charge is -2.09. The summed E-state index contributed by atoms with van der Waals surface area (Å²) in [6.07, 6.45) is 1.44. The van der Waals surface area contributed by atoms with Gasteiger partial charge in [0.15, 0.2) is 3.77 Å². The van der Waals surface area contributed by atoms with Crippen LogP contribution in [0.25, 0.3) is 6.08 Å². The van der Waals surface area contributed by atoms with E-state index in [4.69, 9.17) is 8.83 Å². The molecule has 0 aliphatic carbocycles. The second kappa shape index (κ2) is 7.04. The van der Waals surface area contributed by atoms with Gasteiger partial charge >= 0.3 is 12.0 Å². The van der Waals surface area contributed by atoms with Crippen molar-refractivity contribution in [3.8, 4) is 0 Å². The number of methoxy groups -OCH3 is 1. The van der Waals surface area contributed by atoms with Crippen molar-refractivity contribution in [3.05, 3.63) is 49.4 Å². The number of esters is 1. The van der Waals surface area contributed by atoms with Gasteiger partial charge in [-0.05, 0) is 34.1 Å². The van der Waals surface area contributed by atoms with Crippen molar-refractivity contribution in [2.75, 3.05) is 7.11 Å². The largest absolute Gasteiger partial charge is 0.463 e. The molecule has 1 N–H and O–H groups in total. The van der Waals surface area contributed by atoms with Gasteiger partial charge in [0.2, 0.25) is 5.76 Å². The molecule has 0 atom stereocenters. The maximum absolute atomic E-state index is 12.4. The van der Waals surface area contributed by atoms with Crippen LogP contribution in [0.4, 0.5) is 4.79 Å². The fraction of sp³-hybridized carbons (Fsp3) is 0.133. The van der Waals surface area contributed by atoms with E-state index in [9.17, 15) is 14.4 Å². The van der Waals surface area contributed by atoms with E-state index in [0.29, 0.717) is 9.53 Å². The van der Waals surface area contributed by atoms with Gasteiger partial charge in [0.25, 0.3) is 5.91 Å². The van der Waals surface area contributed by atoms with E-state index in [0.717, 1.165) is 9.37 Å². The Kier molecular flexibility index (Phi) is 4.99. The zero-order valence-electron chi connectivity index (χ0n) is 12.7. The van der Waals surface area contributed by atoms with Gasteiger partial charge in [-0.3, -0.25) is 9.69 Å². The lowest BCUT2D eigenvalue weighted by Crippen LogP contribution is -2.30. The number of carbonyl (C=O) groups is 3. The first-order valence-corrected chi connectivity index (χ1v) is 8.72. The number of hydrogen-bond acceptors (Lipinski definition) is 6. The Balaban J connectivity index is 1.77. The first-order chi connectivity index (χ1) is 11.9. The number of amides is 3. The minimum absolute atomic E-state index is 0.00432. The highest BCUT2D eigenvalue weighted by molar-refractivity contribution is 14.1. The van der Waals surface area contributed by atoms with Crippen molar-refractivity contribution < 1.29 is 28.0 Å². The molecule has 130 valence electrons. The Bertz CT molecular complexity index is 880. The standard InChI is InChI=1S/C15H10BrIN2O6/c1-23-14(21)11-3-2-7(24-11)6-19-13(20)10(18-15(19)22)5-8-4-9(16)12(17)25-8/h2-5H,6H2,1H3,(H,18,22)/b10-5-. The summed E-state index contributed by atoms with van der Waals surface area (Å²) in [5.74, 6) is -0.464. The molecule has 1 aliphatic heterocycles. The van der Waals surface area contributed by atoms with Crippen molar-refractivity contribution in [2.24, 2.45) is 0 Å². The highest BCUT2D eigenvalue weighted by atomic mass is 127. The summed E-state index contributed by atoms with van der Waals surface area (Å²) in [6.45, 7) is -0.113. The fourth-order valence-corrected chi connectivity index (χ4v) is 2.84. The van der Waals surface area contributed by atoms with E-state index in [1.165, 1.54) is 25.3 Å². The minimum Gasteiger partial charge on any atom is -0.463 e. The predicted octanol–water partition coefficient (Wildman–Crippen LogP) is 3.12. The summed E-state index contributed by atoms with van der Waals surface area (Å²) in [4.78, 5) is 36.8. The first-order valence-electron chi connectivity index (χ1n) is 6.85. The van der Waals surface area contributed by atoms with E-state index in [2.05, 4.69) is 26.0 Å². The molecule has 0 unspecified atom stereocenters. The SMILES string of the molecule is COC(=O)c1ccc(CN2C(=O)N/C(=C\c3cc(Br)c(I)o3)C2=O)o1. The third kappa shape index (κ3) is 3.63. The number of ether oxygens (including phenoxy) is 1. The summed E-state index contributed by atoms with van der Waals surface area (Å²) in [6, 6.07) is 4.01. The molecule has 10 heteroatoms. The molecule has 1 aliphatic rings. The zero-order chi connectivity index (χ0) is 18.1. The van der Waals surface area contributed by atoms with Crippen LogP contribution >= 0.6 is 38.5 Å². The van der Waals surface area contributed by atoms with Crippen molar-refractivity contribution in [1.82, 2.24) is 10.2 Å². The lowest BCUT2D eigenvalue weighted by atomic mass is 10.3. The second-order valence-corrected chi connectivity index (χ2v) is 6.74. The van der Waals surface area contributed by atoms with Crippen LogP contribution in [0.5, 0.6) is 0 Å². The third-order valence-electron chi connectivity index (χ3n) is 3.28. The number of carbonyl (C=O) groups excluding carboxylic acids is 3. The molecule has 3 heterocycles. The molecular weight excluding hydrogens is 511 g/mol. The van der Waals surface area contributed by atoms with Gasteiger partial charge in [-0.15, -0.1) is 0 Å². The maximum atomic E-state index is 12.4. The molecule has 25 heavy (non-hydrogen) atoms. The fourth-order valence-electron chi connectivity index (χ4n) is 2.12. The summed E-state index contributed by atoms with van der Waals surface area (Å²) in [5.41, 5.74) is 0.0856. The smallest absolute Gasteiger partial charge is 0.373 e. The summed E-state index contributed by atoms with van der Waals surface area (Å²) >= 11 is 5.30. The normalized spacial score (nSPS) is 15.8. The Morgan fingerprint density at radius 1 is 1.40 bits per heavy atom. The third-order valence-corrected chi connectivity index (χ3v) is 5.41. The highest BCUT2D eigenvalue weighted by Gasteiger charge is 2.34. The summed E-state index contributed by atoms with van der Waals surface area (Å²) in [5, 5.41) is 2.48. The highest BCUT2D eigenvalue weighted by Crippen LogP contribution is 2.25. The molecule has 2 aromatic heterocycles. The predicted molar refractivity (Wildman–Crippen MR) is 96.2 cm³/mol. The summed E-state index contributed by atoms with van der Waals surface area (Å²) < 4.78 is 16.6.